The minimum atomic E-state index is -0.437. The summed E-state index contributed by atoms with van der Waals surface area (Å²) in [4.78, 5) is 22.7. The highest BCUT2D eigenvalue weighted by Crippen LogP contribution is 2.27. The molecule has 0 aromatic heterocycles. The molecule has 0 aromatic carbocycles. The van der Waals surface area contributed by atoms with E-state index in [9.17, 15) is 9.59 Å². The molecule has 0 N–H and O–H groups in total. The van der Waals surface area contributed by atoms with Crippen molar-refractivity contribution < 1.29 is 19.1 Å². The first-order chi connectivity index (χ1) is 7.10. The number of hydrogen-bond acceptors (Lipinski definition) is 4. The quantitative estimate of drug-likeness (QED) is 0.664. The molecule has 0 aliphatic carbocycles. The first-order valence-electron chi connectivity index (χ1n) is 5.06. The first-order valence-corrected chi connectivity index (χ1v) is 5.06. The third-order valence-electron chi connectivity index (χ3n) is 2.50. The predicted molar refractivity (Wildman–Crippen MR) is 54.1 cm³/mol. The molecule has 0 aromatic rings. The summed E-state index contributed by atoms with van der Waals surface area (Å²) in [6.45, 7) is 3.74. The molecule has 0 fully saturated rings. The van der Waals surface area contributed by atoms with Gasteiger partial charge in [-0.25, -0.2) is 4.79 Å². The SMILES string of the molecule is CCC[C@@H]1OC(=O)C=C(C)[C@@H]1C(=O)OC. The molecular weight excluding hydrogens is 196 g/mol. The Morgan fingerprint density at radius 3 is 2.80 bits per heavy atom. The third-order valence-corrected chi connectivity index (χ3v) is 2.50. The molecule has 2 atom stereocenters. The summed E-state index contributed by atoms with van der Waals surface area (Å²) in [6, 6.07) is 0. The van der Waals surface area contributed by atoms with Crippen LogP contribution in [0.2, 0.25) is 0 Å². The molecule has 1 rings (SSSR count). The average molecular weight is 212 g/mol. The number of methoxy groups -OCH3 is 1. The Morgan fingerprint density at radius 2 is 2.27 bits per heavy atom. The van der Waals surface area contributed by atoms with Crippen molar-refractivity contribution in [3.05, 3.63) is 11.6 Å². The largest absolute Gasteiger partial charge is 0.468 e. The van der Waals surface area contributed by atoms with Crippen LogP contribution in [-0.4, -0.2) is 25.2 Å². The Labute approximate surface area is 89.2 Å². The van der Waals surface area contributed by atoms with Crippen LogP contribution in [0, 0.1) is 5.92 Å². The topological polar surface area (TPSA) is 52.6 Å². The number of ether oxygens (including phenoxy) is 2. The van der Waals surface area contributed by atoms with Crippen molar-refractivity contribution >= 4 is 11.9 Å². The highest BCUT2D eigenvalue weighted by molar-refractivity contribution is 5.88. The summed E-state index contributed by atoms with van der Waals surface area (Å²) >= 11 is 0. The van der Waals surface area contributed by atoms with Crippen LogP contribution in [0.15, 0.2) is 11.6 Å². The number of esters is 2. The maximum absolute atomic E-state index is 11.5. The molecule has 4 heteroatoms. The molecule has 0 amide bonds. The van der Waals surface area contributed by atoms with Crippen LogP contribution < -0.4 is 0 Å². The molecule has 0 saturated heterocycles. The molecule has 0 spiro atoms. The molecule has 0 saturated carbocycles. The number of carbonyl (C=O) groups excluding carboxylic acids is 2. The molecule has 15 heavy (non-hydrogen) atoms. The van der Waals surface area contributed by atoms with E-state index in [0.29, 0.717) is 6.42 Å². The van der Waals surface area contributed by atoms with E-state index in [1.807, 2.05) is 6.92 Å². The number of cyclic esters (lactones) is 1. The van der Waals surface area contributed by atoms with Gasteiger partial charge in [-0.05, 0) is 18.9 Å². The standard InChI is InChI=1S/C11H16O4/c1-4-5-8-10(11(13)14-3)7(2)6-9(12)15-8/h6,8,10H,4-5H2,1-3H3/t8-,10-/m0/s1. The monoisotopic (exact) mass is 212 g/mol. The van der Waals surface area contributed by atoms with E-state index in [0.717, 1.165) is 12.0 Å². The van der Waals surface area contributed by atoms with Gasteiger partial charge in [-0.3, -0.25) is 4.79 Å². The van der Waals surface area contributed by atoms with Gasteiger partial charge in [0.2, 0.25) is 0 Å². The summed E-state index contributed by atoms with van der Waals surface area (Å²) in [5.41, 5.74) is 0.719. The zero-order valence-electron chi connectivity index (χ0n) is 9.28. The van der Waals surface area contributed by atoms with Crippen molar-refractivity contribution in [2.24, 2.45) is 5.92 Å². The molecule has 1 aliphatic heterocycles. The Bertz CT molecular complexity index is 293. The van der Waals surface area contributed by atoms with Crippen LogP contribution in [0.1, 0.15) is 26.7 Å². The molecule has 1 aliphatic rings. The van der Waals surface area contributed by atoms with Gasteiger partial charge in [0, 0.05) is 6.08 Å². The van der Waals surface area contributed by atoms with Gasteiger partial charge >= 0.3 is 11.9 Å². The highest BCUT2D eigenvalue weighted by atomic mass is 16.6. The number of rotatable bonds is 3. The summed E-state index contributed by atoms with van der Waals surface area (Å²) in [5.74, 6) is -1.14. The summed E-state index contributed by atoms with van der Waals surface area (Å²) in [5, 5.41) is 0. The Balaban J connectivity index is 2.90. The second-order valence-corrected chi connectivity index (χ2v) is 3.65. The fourth-order valence-electron chi connectivity index (χ4n) is 1.79. The lowest BCUT2D eigenvalue weighted by molar-refractivity contribution is -0.157. The maximum atomic E-state index is 11.5. The van der Waals surface area contributed by atoms with Gasteiger partial charge in [0.15, 0.2) is 0 Å². The minimum absolute atomic E-state index is 0.338. The van der Waals surface area contributed by atoms with E-state index in [-0.39, 0.29) is 18.0 Å². The van der Waals surface area contributed by atoms with Crippen LogP contribution in [-0.2, 0) is 19.1 Å². The molecule has 0 bridgehead atoms. The fraction of sp³-hybridized carbons (Fsp3) is 0.636. The Hall–Kier alpha value is -1.32. The van der Waals surface area contributed by atoms with E-state index >= 15 is 0 Å². The second-order valence-electron chi connectivity index (χ2n) is 3.65. The lowest BCUT2D eigenvalue weighted by Gasteiger charge is -2.28. The van der Waals surface area contributed by atoms with Gasteiger partial charge in [-0.2, -0.15) is 0 Å². The summed E-state index contributed by atoms with van der Waals surface area (Å²) in [6.07, 6.45) is 2.52. The molecule has 0 radical (unpaired) electrons. The Morgan fingerprint density at radius 1 is 1.60 bits per heavy atom. The second kappa shape index (κ2) is 4.96. The first kappa shape index (κ1) is 11.8. The smallest absolute Gasteiger partial charge is 0.331 e. The highest BCUT2D eigenvalue weighted by Gasteiger charge is 2.36. The van der Waals surface area contributed by atoms with Crippen molar-refractivity contribution in [2.45, 2.75) is 32.8 Å². The molecule has 0 unspecified atom stereocenters. The van der Waals surface area contributed by atoms with E-state index in [2.05, 4.69) is 0 Å². The lowest BCUT2D eigenvalue weighted by Crippen LogP contribution is -2.37. The van der Waals surface area contributed by atoms with Crippen LogP contribution in [0.25, 0.3) is 0 Å². The van der Waals surface area contributed by atoms with Crippen LogP contribution in [0.4, 0.5) is 0 Å². The van der Waals surface area contributed by atoms with Crippen LogP contribution >= 0.6 is 0 Å². The minimum Gasteiger partial charge on any atom is -0.468 e. The zero-order chi connectivity index (χ0) is 11.4. The molecule has 4 nitrogen and oxygen atoms in total. The lowest BCUT2D eigenvalue weighted by atomic mass is 9.89. The number of hydrogen-bond donors (Lipinski definition) is 0. The van der Waals surface area contributed by atoms with Crippen molar-refractivity contribution in [1.29, 1.82) is 0 Å². The van der Waals surface area contributed by atoms with Crippen molar-refractivity contribution in [1.82, 2.24) is 0 Å². The van der Waals surface area contributed by atoms with Crippen molar-refractivity contribution in [3.63, 3.8) is 0 Å². The average Bonchev–Trinajstić information content (AvgIpc) is 2.16. The van der Waals surface area contributed by atoms with E-state index in [4.69, 9.17) is 9.47 Å². The van der Waals surface area contributed by atoms with Gasteiger partial charge in [-0.15, -0.1) is 0 Å². The summed E-state index contributed by atoms with van der Waals surface area (Å²) < 4.78 is 9.82. The van der Waals surface area contributed by atoms with Gasteiger partial charge in [0.05, 0.1) is 7.11 Å². The normalized spacial score (nSPS) is 25.5. The maximum Gasteiger partial charge on any atom is 0.331 e. The molecular formula is C11H16O4. The van der Waals surface area contributed by atoms with Crippen molar-refractivity contribution in [2.75, 3.05) is 7.11 Å². The van der Waals surface area contributed by atoms with Gasteiger partial charge < -0.3 is 9.47 Å². The van der Waals surface area contributed by atoms with Crippen molar-refractivity contribution in [3.8, 4) is 0 Å². The summed E-state index contributed by atoms with van der Waals surface area (Å²) in [7, 11) is 1.34. The van der Waals surface area contributed by atoms with E-state index in [1.54, 1.807) is 6.92 Å². The number of carbonyl (C=O) groups is 2. The molecule has 84 valence electrons. The van der Waals surface area contributed by atoms with E-state index in [1.165, 1.54) is 13.2 Å². The van der Waals surface area contributed by atoms with E-state index < -0.39 is 5.92 Å². The molecule has 1 heterocycles. The van der Waals surface area contributed by atoms with Crippen LogP contribution in [0.3, 0.4) is 0 Å². The van der Waals surface area contributed by atoms with Gasteiger partial charge in [0.1, 0.15) is 12.0 Å². The van der Waals surface area contributed by atoms with Gasteiger partial charge in [0.25, 0.3) is 0 Å². The Kier molecular flexibility index (Phi) is 3.88. The third kappa shape index (κ3) is 2.58. The van der Waals surface area contributed by atoms with Crippen LogP contribution in [0.5, 0.6) is 0 Å². The van der Waals surface area contributed by atoms with Gasteiger partial charge in [-0.1, -0.05) is 13.3 Å². The fourth-order valence-corrected chi connectivity index (χ4v) is 1.79. The zero-order valence-corrected chi connectivity index (χ0v) is 9.28. The predicted octanol–water partition coefficient (Wildman–Crippen LogP) is 1.45.